The van der Waals surface area contributed by atoms with E-state index in [1.54, 1.807) is 6.07 Å². The van der Waals surface area contributed by atoms with Crippen molar-refractivity contribution in [3.05, 3.63) is 126 Å². The molecule has 194 valence electrons. The van der Waals surface area contributed by atoms with Gasteiger partial charge < -0.3 is 8.83 Å². The molecule has 8 aromatic rings. The van der Waals surface area contributed by atoms with Gasteiger partial charge in [-0.3, -0.25) is 0 Å². The number of fused-ring (bicyclic) bond motifs is 6. The van der Waals surface area contributed by atoms with Crippen LogP contribution in [0.3, 0.4) is 0 Å². The van der Waals surface area contributed by atoms with Crippen molar-refractivity contribution in [1.29, 1.82) is 10.5 Å². The van der Waals surface area contributed by atoms with Crippen LogP contribution >= 0.6 is 0 Å². The van der Waals surface area contributed by atoms with Crippen LogP contribution in [0.25, 0.3) is 77.5 Å². The molecule has 8 rings (SSSR count). The van der Waals surface area contributed by atoms with Gasteiger partial charge in [0.2, 0.25) is 0 Å². The van der Waals surface area contributed by atoms with Gasteiger partial charge in [0.15, 0.2) is 11.2 Å². The van der Waals surface area contributed by atoms with Gasteiger partial charge >= 0.3 is 0 Å². The summed E-state index contributed by atoms with van der Waals surface area (Å²) in [4.78, 5) is 5.04. The Hall–Kier alpha value is -6.17. The second-order valence-corrected chi connectivity index (χ2v) is 10.2. The average Bonchev–Trinajstić information content (AvgIpc) is 3.61. The van der Waals surface area contributed by atoms with Gasteiger partial charge in [-0.1, -0.05) is 60.7 Å². The fourth-order valence-corrected chi connectivity index (χ4v) is 5.72. The van der Waals surface area contributed by atoms with Crippen LogP contribution in [-0.4, -0.2) is 4.98 Å². The van der Waals surface area contributed by atoms with Crippen molar-refractivity contribution >= 4 is 44.1 Å². The van der Waals surface area contributed by atoms with E-state index in [2.05, 4.69) is 24.3 Å². The average molecular weight is 538 g/mol. The van der Waals surface area contributed by atoms with E-state index in [0.29, 0.717) is 22.3 Å². The van der Waals surface area contributed by atoms with Gasteiger partial charge in [-0.15, -0.1) is 0 Å². The number of aromatic nitrogens is 1. The summed E-state index contributed by atoms with van der Waals surface area (Å²) >= 11 is 0. The van der Waals surface area contributed by atoms with Crippen LogP contribution in [0.15, 0.2) is 124 Å². The van der Waals surface area contributed by atoms with Crippen molar-refractivity contribution in [3.8, 4) is 45.5 Å². The zero-order valence-electron chi connectivity index (χ0n) is 22.1. The highest BCUT2D eigenvalue weighted by molar-refractivity contribution is 6.18. The van der Waals surface area contributed by atoms with Crippen LogP contribution in [0.1, 0.15) is 11.1 Å². The Morgan fingerprint density at radius 2 is 1.02 bits per heavy atom. The molecule has 0 aliphatic heterocycles. The predicted molar refractivity (Wildman–Crippen MR) is 165 cm³/mol. The predicted octanol–water partition coefficient (Wildman–Crippen LogP) is 9.62. The molecule has 0 atom stereocenters. The first-order valence-electron chi connectivity index (χ1n) is 13.5. The van der Waals surface area contributed by atoms with Crippen molar-refractivity contribution < 1.29 is 8.83 Å². The summed E-state index contributed by atoms with van der Waals surface area (Å²) < 4.78 is 12.8. The molecular formula is C37H19N3O2. The maximum absolute atomic E-state index is 9.77. The van der Waals surface area contributed by atoms with Crippen molar-refractivity contribution in [1.82, 2.24) is 4.98 Å². The molecule has 0 fully saturated rings. The number of hydrogen-bond acceptors (Lipinski definition) is 5. The Balaban J connectivity index is 1.32. The van der Waals surface area contributed by atoms with Crippen molar-refractivity contribution in [2.45, 2.75) is 0 Å². The van der Waals surface area contributed by atoms with Gasteiger partial charge in [-0.05, 0) is 82.4 Å². The molecule has 0 radical (unpaired) electrons. The third kappa shape index (κ3) is 3.66. The number of pyridine rings is 1. The van der Waals surface area contributed by atoms with Gasteiger partial charge in [0.25, 0.3) is 0 Å². The Kier molecular flexibility index (Phi) is 5.19. The molecule has 5 heteroatoms. The normalized spacial score (nSPS) is 11.3. The fraction of sp³-hybridized carbons (Fsp3) is 0. The standard InChI is InChI=1S/C37H19N3O2/c38-20-22-6-5-7-26(16-22)28-18-23(21-39)17-27(19-28)24-12-14-25(15-13-24)33-36-34(29-8-1-3-10-31(29)41-36)40-35-30-9-2-4-11-32(30)42-37(33)35/h1-19H. The Morgan fingerprint density at radius 3 is 1.64 bits per heavy atom. The quantitative estimate of drug-likeness (QED) is 0.224. The summed E-state index contributed by atoms with van der Waals surface area (Å²) in [5, 5.41) is 21.0. The minimum Gasteiger partial charge on any atom is -0.454 e. The summed E-state index contributed by atoms with van der Waals surface area (Å²) in [6, 6.07) is 41.7. The molecule has 0 unspecified atom stereocenters. The Morgan fingerprint density at radius 1 is 0.476 bits per heavy atom. The zero-order chi connectivity index (χ0) is 28.2. The minimum absolute atomic E-state index is 0.552. The molecule has 0 saturated carbocycles. The van der Waals surface area contributed by atoms with Crippen LogP contribution in [-0.2, 0) is 0 Å². The second kappa shape index (κ2) is 9.20. The molecule has 0 bridgehead atoms. The van der Waals surface area contributed by atoms with Crippen molar-refractivity contribution in [2.24, 2.45) is 0 Å². The molecule has 5 aromatic carbocycles. The molecule has 0 amide bonds. The minimum atomic E-state index is 0.552. The first-order valence-corrected chi connectivity index (χ1v) is 13.5. The van der Waals surface area contributed by atoms with E-state index in [4.69, 9.17) is 13.8 Å². The molecule has 3 heterocycles. The second-order valence-electron chi connectivity index (χ2n) is 10.2. The smallest absolute Gasteiger partial charge is 0.165 e. The van der Waals surface area contributed by atoms with Gasteiger partial charge in [0.05, 0.1) is 28.8 Å². The number of nitriles is 2. The van der Waals surface area contributed by atoms with Gasteiger partial charge in [-0.25, -0.2) is 4.98 Å². The summed E-state index contributed by atoms with van der Waals surface area (Å²) in [5.41, 5.74) is 11.1. The lowest BCUT2D eigenvalue weighted by Crippen LogP contribution is -1.88. The monoisotopic (exact) mass is 537 g/mol. The summed E-state index contributed by atoms with van der Waals surface area (Å²) in [6.07, 6.45) is 0. The third-order valence-corrected chi connectivity index (χ3v) is 7.71. The van der Waals surface area contributed by atoms with E-state index < -0.39 is 0 Å². The molecule has 5 nitrogen and oxygen atoms in total. The molecule has 0 aliphatic carbocycles. The van der Waals surface area contributed by atoms with Crippen molar-refractivity contribution in [3.63, 3.8) is 0 Å². The highest BCUT2D eigenvalue weighted by atomic mass is 16.3. The van der Waals surface area contributed by atoms with E-state index in [0.717, 1.165) is 66.4 Å². The van der Waals surface area contributed by atoms with E-state index >= 15 is 0 Å². The van der Waals surface area contributed by atoms with E-state index in [-0.39, 0.29) is 0 Å². The Labute approximate surface area is 240 Å². The largest absolute Gasteiger partial charge is 0.454 e. The number of furan rings is 2. The number of benzene rings is 5. The first-order chi connectivity index (χ1) is 20.7. The van der Waals surface area contributed by atoms with Crippen LogP contribution in [0.4, 0.5) is 0 Å². The molecule has 0 saturated heterocycles. The third-order valence-electron chi connectivity index (χ3n) is 7.71. The first kappa shape index (κ1) is 23.7. The lowest BCUT2D eigenvalue weighted by molar-refractivity contribution is 0.657. The van der Waals surface area contributed by atoms with E-state index in [1.807, 2.05) is 97.1 Å². The summed E-state index contributed by atoms with van der Waals surface area (Å²) in [5.74, 6) is 0. The highest BCUT2D eigenvalue weighted by Crippen LogP contribution is 2.43. The van der Waals surface area contributed by atoms with E-state index in [1.165, 1.54) is 0 Å². The Bertz CT molecular complexity index is 2350. The molecular weight excluding hydrogens is 518 g/mol. The molecule has 3 aromatic heterocycles. The number of rotatable bonds is 3. The molecule has 0 N–H and O–H groups in total. The number of nitrogens with zero attached hydrogens (tertiary/aromatic N) is 3. The molecule has 42 heavy (non-hydrogen) atoms. The topological polar surface area (TPSA) is 86.8 Å². The van der Waals surface area contributed by atoms with E-state index in [9.17, 15) is 10.5 Å². The maximum Gasteiger partial charge on any atom is 0.165 e. The summed E-state index contributed by atoms with van der Waals surface area (Å²) in [6.45, 7) is 0. The van der Waals surface area contributed by atoms with Crippen LogP contribution in [0.5, 0.6) is 0 Å². The molecule has 0 aliphatic rings. The maximum atomic E-state index is 9.77. The fourth-order valence-electron chi connectivity index (χ4n) is 5.72. The number of hydrogen-bond donors (Lipinski definition) is 0. The molecule has 0 spiro atoms. The van der Waals surface area contributed by atoms with Gasteiger partial charge in [0, 0.05) is 10.8 Å². The van der Waals surface area contributed by atoms with Gasteiger partial charge in [0.1, 0.15) is 22.2 Å². The zero-order valence-corrected chi connectivity index (χ0v) is 22.1. The lowest BCUT2D eigenvalue weighted by atomic mass is 9.94. The lowest BCUT2D eigenvalue weighted by Gasteiger charge is -2.10. The summed E-state index contributed by atoms with van der Waals surface area (Å²) in [7, 11) is 0. The van der Waals surface area contributed by atoms with Gasteiger partial charge in [-0.2, -0.15) is 10.5 Å². The highest BCUT2D eigenvalue weighted by Gasteiger charge is 2.22. The van der Waals surface area contributed by atoms with Crippen LogP contribution in [0.2, 0.25) is 0 Å². The van der Waals surface area contributed by atoms with Crippen LogP contribution < -0.4 is 0 Å². The number of para-hydroxylation sites is 2. The van der Waals surface area contributed by atoms with Crippen LogP contribution in [0, 0.1) is 22.7 Å². The SMILES string of the molecule is N#Cc1cccc(-c2cc(C#N)cc(-c3ccc(-c4c5oc6ccccc6c5nc5c4oc4ccccc45)cc3)c2)c1. The van der Waals surface area contributed by atoms with Crippen molar-refractivity contribution in [2.75, 3.05) is 0 Å².